The summed E-state index contributed by atoms with van der Waals surface area (Å²) in [5, 5.41) is 22.6. The maximum atomic E-state index is 14.4. The zero-order valence-corrected chi connectivity index (χ0v) is 17.8. The Morgan fingerprint density at radius 1 is 1.12 bits per heavy atom. The number of likely N-dealkylation sites (tertiary alicyclic amines) is 1. The molecule has 1 fully saturated rings. The Morgan fingerprint density at radius 2 is 1.79 bits per heavy atom. The number of nitrogens with zero attached hydrogens (tertiary/aromatic N) is 3. The van der Waals surface area contributed by atoms with Crippen molar-refractivity contribution in [1.29, 1.82) is 0 Å². The second kappa shape index (κ2) is 8.77. The van der Waals surface area contributed by atoms with Crippen molar-refractivity contribution >= 4 is 16.6 Å². The molecule has 4 rings (SSSR count). The van der Waals surface area contributed by atoms with Crippen LogP contribution in [-0.2, 0) is 12.1 Å². The predicted octanol–water partition coefficient (Wildman–Crippen LogP) is 3.77. The summed E-state index contributed by atoms with van der Waals surface area (Å²) in [4.78, 5) is 12.3. The number of piperidine rings is 1. The Balaban J connectivity index is 1.83. The van der Waals surface area contributed by atoms with E-state index in [0.29, 0.717) is 25.9 Å². The first-order valence-electron chi connectivity index (χ1n) is 10.7. The monoisotopic (exact) mass is 462 g/mol. The van der Waals surface area contributed by atoms with Gasteiger partial charge >= 0.3 is 6.18 Å². The van der Waals surface area contributed by atoms with Crippen LogP contribution < -0.4 is 5.73 Å². The second-order valence-electron chi connectivity index (χ2n) is 8.59. The maximum Gasteiger partial charge on any atom is 0.422 e. The van der Waals surface area contributed by atoms with E-state index in [2.05, 4.69) is 0 Å². The number of hydrogen-bond acceptors (Lipinski definition) is 5. The van der Waals surface area contributed by atoms with Crippen molar-refractivity contribution in [3.05, 3.63) is 76.0 Å². The zero-order valence-electron chi connectivity index (χ0n) is 17.8. The molecular formula is C23H25F3N4O3. The Hall–Kier alpha value is -2.95. The van der Waals surface area contributed by atoms with Gasteiger partial charge in [-0.2, -0.15) is 13.2 Å². The van der Waals surface area contributed by atoms with Crippen LogP contribution in [0, 0.1) is 10.1 Å². The van der Waals surface area contributed by atoms with Gasteiger partial charge < -0.3 is 15.4 Å². The van der Waals surface area contributed by atoms with Crippen molar-refractivity contribution in [3.8, 4) is 0 Å². The SMILES string of the molecule is NC1CCN(CC(O)(c2cn(Cc3ccccc3)c3cc([N+](=O)[O-])ccc23)C(F)(F)F)CC1. The van der Waals surface area contributed by atoms with E-state index in [9.17, 15) is 28.4 Å². The molecule has 0 amide bonds. The van der Waals surface area contributed by atoms with Crippen molar-refractivity contribution < 1.29 is 23.2 Å². The molecule has 2 aromatic carbocycles. The third-order valence-electron chi connectivity index (χ3n) is 6.27. The van der Waals surface area contributed by atoms with Crippen LogP contribution in [-0.4, -0.2) is 51.3 Å². The van der Waals surface area contributed by atoms with Crippen molar-refractivity contribution in [2.45, 2.75) is 37.2 Å². The molecule has 176 valence electrons. The van der Waals surface area contributed by atoms with Gasteiger partial charge in [0.25, 0.3) is 5.69 Å². The summed E-state index contributed by atoms with van der Waals surface area (Å²) < 4.78 is 44.6. The van der Waals surface area contributed by atoms with Crippen molar-refractivity contribution in [2.75, 3.05) is 19.6 Å². The summed E-state index contributed by atoms with van der Waals surface area (Å²) in [5.74, 6) is 0. The van der Waals surface area contributed by atoms with Crippen LogP contribution in [0.2, 0.25) is 0 Å². The van der Waals surface area contributed by atoms with Crippen LogP contribution in [0.4, 0.5) is 18.9 Å². The molecule has 1 unspecified atom stereocenters. The van der Waals surface area contributed by atoms with Crippen molar-refractivity contribution in [3.63, 3.8) is 0 Å². The van der Waals surface area contributed by atoms with E-state index in [1.807, 2.05) is 18.2 Å². The molecule has 3 aromatic rings. The highest BCUT2D eigenvalue weighted by atomic mass is 19.4. The lowest BCUT2D eigenvalue weighted by Crippen LogP contribution is -2.53. The molecule has 1 saturated heterocycles. The summed E-state index contributed by atoms with van der Waals surface area (Å²) >= 11 is 0. The first-order valence-corrected chi connectivity index (χ1v) is 10.7. The number of benzene rings is 2. The first-order chi connectivity index (χ1) is 15.6. The summed E-state index contributed by atoms with van der Waals surface area (Å²) in [6.45, 7) is 0.275. The fraction of sp³-hybridized carbons (Fsp3) is 0.391. The number of nitrogens with two attached hydrogens (primary N) is 1. The molecule has 0 spiro atoms. The lowest BCUT2D eigenvalue weighted by atomic mass is 9.90. The van der Waals surface area contributed by atoms with Gasteiger partial charge in [-0.25, -0.2) is 0 Å². The molecule has 1 aliphatic heterocycles. The second-order valence-corrected chi connectivity index (χ2v) is 8.59. The van der Waals surface area contributed by atoms with Gasteiger partial charge in [0.15, 0.2) is 0 Å². The number of aliphatic hydroxyl groups is 1. The summed E-state index contributed by atoms with van der Waals surface area (Å²) in [6, 6.07) is 12.7. The Bertz CT molecular complexity index is 1140. The van der Waals surface area contributed by atoms with Gasteiger partial charge in [-0.15, -0.1) is 0 Å². The predicted molar refractivity (Wildman–Crippen MR) is 118 cm³/mol. The van der Waals surface area contributed by atoms with E-state index in [1.54, 1.807) is 17.0 Å². The van der Waals surface area contributed by atoms with Crippen LogP contribution in [0.15, 0.2) is 54.7 Å². The highest BCUT2D eigenvalue weighted by molar-refractivity contribution is 5.87. The Labute approximate surface area is 188 Å². The van der Waals surface area contributed by atoms with Gasteiger partial charge in [-0.3, -0.25) is 15.0 Å². The molecule has 7 nitrogen and oxygen atoms in total. The zero-order chi connectivity index (χ0) is 23.8. The quantitative estimate of drug-likeness (QED) is 0.429. The van der Waals surface area contributed by atoms with Gasteiger partial charge in [-0.1, -0.05) is 30.3 Å². The van der Waals surface area contributed by atoms with E-state index in [-0.39, 0.29) is 34.7 Å². The number of non-ortho nitro benzene ring substituents is 1. The molecule has 2 heterocycles. The van der Waals surface area contributed by atoms with E-state index >= 15 is 0 Å². The molecule has 1 atom stereocenters. The fourth-order valence-corrected chi connectivity index (χ4v) is 4.40. The van der Waals surface area contributed by atoms with Gasteiger partial charge in [0.1, 0.15) is 0 Å². The van der Waals surface area contributed by atoms with Gasteiger partial charge in [-0.05, 0) is 37.6 Å². The largest absolute Gasteiger partial charge is 0.422 e. The van der Waals surface area contributed by atoms with Crippen LogP contribution >= 0.6 is 0 Å². The number of hydrogen-bond donors (Lipinski definition) is 2. The highest BCUT2D eigenvalue weighted by Crippen LogP contribution is 2.44. The highest BCUT2D eigenvalue weighted by Gasteiger charge is 2.57. The Morgan fingerprint density at radius 3 is 2.39 bits per heavy atom. The molecular weight excluding hydrogens is 437 g/mol. The number of β-amino-alcohol motifs (C(OH)–C–C–N with tert-alkyl or cyclic N) is 1. The van der Waals surface area contributed by atoms with Gasteiger partial charge in [0.05, 0.1) is 10.4 Å². The summed E-state index contributed by atoms with van der Waals surface area (Å²) in [6.07, 6.45) is -2.59. The standard InChI is InChI=1S/C23H25F3N4O3/c24-23(25,26)22(31,15-28-10-8-17(27)9-11-28)20-14-29(13-16-4-2-1-3-5-16)21-12-18(30(32)33)6-7-19(20)21/h1-7,12,14,17,31H,8-11,13,15,27H2. The molecule has 1 aliphatic rings. The number of nitro groups is 1. The molecule has 0 aliphatic carbocycles. The van der Waals surface area contributed by atoms with E-state index in [4.69, 9.17) is 5.73 Å². The molecule has 1 aromatic heterocycles. The third-order valence-corrected chi connectivity index (χ3v) is 6.27. The third kappa shape index (κ3) is 4.59. The Kier molecular flexibility index (Phi) is 6.17. The van der Waals surface area contributed by atoms with Crippen LogP contribution in [0.3, 0.4) is 0 Å². The smallest absolute Gasteiger partial charge is 0.375 e. The fourth-order valence-electron chi connectivity index (χ4n) is 4.40. The molecule has 0 saturated carbocycles. The van der Waals surface area contributed by atoms with Crippen LogP contribution in [0.25, 0.3) is 10.9 Å². The number of aromatic nitrogens is 1. The van der Waals surface area contributed by atoms with Gasteiger partial charge in [0, 0.05) is 48.4 Å². The maximum absolute atomic E-state index is 14.4. The summed E-state index contributed by atoms with van der Waals surface area (Å²) in [7, 11) is 0. The number of fused-ring (bicyclic) bond motifs is 1. The lowest BCUT2D eigenvalue weighted by molar-refractivity contribution is -0.384. The van der Waals surface area contributed by atoms with Crippen molar-refractivity contribution in [2.24, 2.45) is 5.73 Å². The minimum atomic E-state index is -4.96. The number of alkyl halides is 3. The van der Waals surface area contributed by atoms with Crippen molar-refractivity contribution in [1.82, 2.24) is 9.47 Å². The molecule has 3 N–H and O–H groups in total. The van der Waals surface area contributed by atoms with E-state index < -0.39 is 23.2 Å². The molecule has 0 bridgehead atoms. The van der Waals surface area contributed by atoms with Crippen LogP contribution in [0.5, 0.6) is 0 Å². The number of rotatable bonds is 6. The minimum absolute atomic E-state index is 0.0615. The number of nitro benzene ring substituents is 1. The van der Waals surface area contributed by atoms with Gasteiger partial charge in [0.2, 0.25) is 5.60 Å². The molecule has 0 radical (unpaired) electrons. The number of halogens is 3. The molecule has 33 heavy (non-hydrogen) atoms. The average molecular weight is 462 g/mol. The average Bonchev–Trinajstić information content (AvgIpc) is 3.13. The minimum Gasteiger partial charge on any atom is -0.375 e. The van der Waals surface area contributed by atoms with E-state index in [0.717, 1.165) is 11.6 Å². The topological polar surface area (TPSA) is 97.6 Å². The summed E-state index contributed by atoms with van der Waals surface area (Å²) in [5.41, 5.74) is 3.25. The van der Waals surface area contributed by atoms with Crippen LogP contribution in [0.1, 0.15) is 24.0 Å². The first kappa shape index (κ1) is 23.2. The van der Waals surface area contributed by atoms with E-state index in [1.165, 1.54) is 22.9 Å². The normalized spacial score (nSPS) is 17.8. The lowest BCUT2D eigenvalue weighted by Gasteiger charge is -2.38. The molecule has 10 heteroatoms.